The molecule has 0 unspecified atom stereocenters. The topological polar surface area (TPSA) is 105 Å². The summed E-state index contributed by atoms with van der Waals surface area (Å²) in [6.07, 6.45) is 1.40. The smallest absolute Gasteiger partial charge is 0.488 e. The summed E-state index contributed by atoms with van der Waals surface area (Å²) >= 11 is 0. The van der Waals surface area contributed by atoms with Crippen molar-refractivity contribution in [3.63, 3.8) is 0 Å². The molecular weight excluding hydrogens is 263 g/mol. The summed E-state index contributed by atoms with van der Waals surface area (Å²) in [5.74, 6) is 0.548. The highest BCUT2D eigenvalue weighted by Gasteiger charge is 2.09. The molecular formula is C12H13BN2O5. The zero-order valence-electron chi connectivity index (χ0n) is 10.5. The van der Waals surface area contributed by atoms with Gasteiger partial charge in [0, 0.05) is 12.3 Å². The van der Waals surface area contributed by atoms with E-state index in [1.807, 2.05) is 0 Å². The van der Waals surface area contributed by atoms with E-state index in [0.717, 1.165) is 0 Å². The molecule has 0 fully saturated rings. The summed E-state index contributed by atoms with van der Waals surface area (Å²) in [5.41, 5.74) is -0.556. The van der Waals surface area contributed by atoms with E-state index in [4.69, 9.17) is 14.8 Å². The Labute approximate surface area is 114 Å². The Morgan fingerprint density at radius 1 is 1.15 bits per heavy atom. The fourth-order valence-corrected chi connectivity index (χ4v) is 1.62. The number of benzene rings is 1. The van der Waals surface area contributed by atoms with Crippen LogP contribution in [0.4, 0.5) is 0 Å². The second-order valence-corrected chi connectivity index (χ2v) is 4.09. The molecule has 20 heavy (non-hydrogen) atoms. The molecule has 0 saturated carbocycles. The minimum atomic E-state index is -1.51. The van der Waals surface area contributed by atoms with Crippen LogP contribution in [-0.2, 0) is 6.54 Å². The summed E-state index contributed by atoms with van der Waals surface area (Å²) in [6.45, 7) is 0.535. The van der Waals surface area contributed by atoms with Gasteiger partial charge in [-0.05, 0) is 17.6 Å². The average Bonchev–Trinajstić information content (AvgIpc) is 2.42. The van der Waals surface area contributed by atoms with E-state index >= 15 is 0 Å². The molecule has 0 bridgehead atoms. The van der Waals surface area contributed by atoms with Gasteiger partial charge in [0.25, 0.3) is 5.56 Å². The summed E-state index contributed by atoms with van der Waals surface area (Å²) in [7, 11) is -1.51. The molecule has 8 heteroatoms. The predicted molar refractivity (Wildman–Crippen MR) is 73.1 cm³/mol. The molecule has 7 nitrogen and oxygen atoms in total. The molecule has 1 aromatic carbocycles. The van der Waals surface area contributed by atoms with Crippen LogP contribution in [-0.4, -0.2) is 33.3 Å². The molecule has 0 aliphatic carbocycles. The first-order chi connectivity index (χ1) is 9.56. The molecule has 1 heterocycles. The summed E-state index contributed by atoms with van der Waals surface area (Å²) < 4.78 is 6.74. The van der Waals surface area contributed by atoms with Gasteiger partial charge in [-0.1, -0.05) is 12.1 Å². The summed E-state index contributed by atoms with van der Waals surface area (Å²) in [5, 5.41) is 17.9. The van der Waals surface area contributed by atoms with Gasteiger partial charge in [0.1, 0.15) is 12.4 Å². The van der Waals surface area contributed by atoms with Crippen LogP contribution >= 0.6 is 0 Å². The Bertz CT molecular complexity index is 677. The highest BCUT2D eigenvalue weighted by molar-refractivity contribution is 6.58. The molecule has 2 rings (SSSR count). The number of aromatic amines is 1. The normalized spacial score (nSPS) is 10.3. The lowest BCUT2D eigenvalue weighted by Gasteiger charge is -2.08. The van der Waals surface area contributed by atoms with Crippen LogP contribution in [0.5, 0.6) is 5.75 Å². The first-order valence-electron chi connectivity index (χ1n) is 5.95. The van der Waals surface area contributed by atoms with Gasteiger partial charge in [-0.15, -0.1) is 0 Å². The fraction of sp³-hybridized carbons (Fsp3) is 0.167. The van der Waals surface area contributed by atoms with Crippen molar-refractivity contribution in [2.75, 3.05) is 6.61 Å². The third-order valence-corrected chi connectivity index (χ3v) is 2.68. The molecule has 0 saturated heterocycles. The molecule has 0 amide bonds. The lowest BCUT2D eigenvalue weighted by molar-refractivity contribution is 0.295. The van der Waals surface area contributed by atoms with Gasteiger partial charge in [-0.2, -0.15) is 0 Å². The van der Waals surface area contributed by atoms with Crippen LogP contribution in [0.25, 0.3) is 0 Å². The third kappa shape index (κ3) is 3.59. The Balaban J connectivity index is 1.92. The highest BCUT2D eigenvalue weighted by Crippen LogP contribution is 2.07. The molecule has 0 atom stereocenters. The molecule has 2 aromatic rings. The molecule has 104 valence electrons. The van der Waals surface area contributed by atoms with Crippen LogP contribution in [0.1, 0.15) is 0 Å². The van der Waals surface area contributed by atoms with E-state index in [0.29, 0.717) is 17.8 Å². The molecule has 0 aliphatic rings. The molecule has 0 spiro atoms. The van der Waals surface area contributed by atoms with Gasteiger partial charge in [0.2, 0.25) is 0 Å². The zero-order chi connectivity index (χ0) is 14.5. The maximum atomic E-state index is 11.4. The van der Waals surface area contributed by atoms with Gasteiger partial charge in [-0.3, -0.25) is 14.3 Å². The average molecular weight is 276 g/mol. The van der Waals surface area contributed by atoms with E-state index in [9.17, 15) is 9.59 Å². The molecule has 0 aliphatic heterocycles. The maximum Gasteiger partial charge on any atom is 0.488 e. The standard InChI is InChI=1S/C12H13BN2O5/c16-11-5-6-15(12(17)14-11)7-8-20-10-3-1-9(2-4-10)13(18)19/h1-6,18-19H,7-8H2,(H,14,16,17). The third-order valence-electron chi connectivity index (χ3n) is 2.68. The Kier molecular flexibility index (Phi) is 4.39. The lowest BCUT2D eigenvalue weighted by atomic mass is 9.80. The van der Waals surface area contributed by atoms with Crippen LogP contribution in [0.15, 0.2) is 46.1 Å². The van der Waals surface area contributed by atoms with Crippen molar-refractivity contribution in [1.82, 2.24) is 9.55 Å². The van der Waals surface area contributed by atoms with E-state index in [1.54, 1.807) is 12.1 Å². The molecule has 0 radical (unpaired) electrons. The van der Waals surface area contributed by atoms with Gasteiger partial charge in [0.05, 0.1) is 6.54 Å². The van der Waals surface area contributed by atoms with Crippen LogP contribution in [0, 0.1) is 0 Å². The Morgan fingerprint density at radius 2 is 1.85 bits per heavy atom. The van der Waals surface area contributed by atoms with Crippen molar-refractivity contribution >= 4 is 12.6 Å². The van der Waals surface area contributed by atoms with Crippen molar-refractivity contribution < 1.29 is 14.8 Å². The van der Waals surface area contributed by atoms with Crippen LogP contribution < -0.4 is 21.4 Å². The maximum absolute atomic E-state index is 11.4. The lowest BCUT2D eigenvalue weighted by Crippen LogP contribution is -2.30. The number of H-pyrrole nitrogens is 1. The van der Waals surface area contributed by atoms with Crippen molar-refractivity contribution in [1.29, 1.82) is 0 Å². The Hall–Kier alpha value is -2.32. The number of nitrogens with zero attached hydrogens (tertiary/aromatic N) is 1. The second-order valence-electron chi connectivity index (χ2n) is 4.09. The number of rotatable bonds is 5. The quantitative estimate of drug-likeness (QED) is 0.564. The molecule has 3 N–H and O–H groups in total. The van der Waals surface area contributed by atoms with Crippen LogP contribution in [0.3, 0.4) is 0 Å². The highest BCUT2D eigenvalue weighted by atomic mass is 16.5. The minimum absolute atomic E-state index is 0.243. The number of ether oxygens (including phenoxy) is 1. The van der Waals surface area contributed by atoms with E-state index < -0.39 is 18.4 Å². The second kappa shape index (κ2) is 6.22. The van der Waals surface area contributed by atoms with E-state index in [1.165, 1.54) is 29.0 Å². The summed E-state index contributed by atoms with van der Waals surface area (Å²) in [6, 6.07) is 7.53. The largest absolute Gasteiger partial charge is 0.492 e. The fourth-order valence-electron chi connectivity index (χ4n) is 1.62. The van der Waals surface area contributed by atoms with E-state index in [2.05, 4.69) is 4.98 Å². The van der Waals surface area contributed by atoms with Gasteiger partial charge >= 0.3 is 12.8 Å². The zero-order valence-corrected chi connectivity index (χ0v) is 10.5. The predicted octanol–water partition coefficient (Wildman–Crippen LogP) is -1.70. The number of hydrogen-bond donors (Lipinski definition) is 3. The van der Waals surface area contributed by atoms with Crippen LogP contribution in [0.2, 0.25) is 0 Å². The van der Waals surface area contributed by atoms with Gasteiger partial charge < -0.3 is 14.8 Å². The minimum Gasteiger partial charge on any atom is -0.492 e. The van der Waals surface area contributed by atoms with Crippen molar-refractivity contribution in [2.45, 2.75) is 6.54 Å². The van der Waals surface area contributed by atoms with Crippen molar-refractivity contribution in [3.8, 4) is 5.75 Å². The van der Waals surface area contributed by atoms with E-state index in [-0.39, 0.29) is 6.61 Å². The van der Waals surface area contributed by atoms with Gasteiger partial charge in [0.15, 0.2) is 0 Å². The monoisotopic (exact) mass is 276 g/mol. The first kappa shape index (κ1) is 14.1. The van der Waals surface area contributed by atoms with Crippen molar-refractivity contribution in [2.24, 2.45) is 0 Å². The summed E-state index contributed by atoms with van der Waals surface area (Å²) in [4.78, 5) is 24.4. The van der Waals surface area contributed by atoms with Crippen molar-refractivity contribution in [3.05, 3.63) is 57.4 Å². The first-order valence-corrected chi connectivity index (χ1v) is 5.95. The van der Waals surface area contributed by atoms with Gasteiger partial charge in [-0.25, -0.2) is 4.79 Å². The number of nitrogens with one attached hydrogen (secondary N) is 1. The number of aromatic nitrogens is 2. The SMILES string of the molecule is O=c1ccn(CCOc2ccc(B(O)O)cc2)c(=O)[nH]1. The Morgan fingerprint density at radius 3 is 2.45 bits per heavy atom. The number of hydrogen-bond acceptors (Lipinski definition) is 5. The molecule has 1 aromatic heterocycles.